The minimum atomic E-state index is -0.138. The van der Waals surface area contributed by atoms with Crippen LogP contribution in [0.2, 0.25) is 0 Å². The number of rotatable bonds is 6. The average molecular weight is 419 g/mol. The second-order valence-electron chi connectivity index (χ2n) is 5.80. The fourth-order valence-corrected chi connectivity index (χ4v) is 5.40. The maximum atomic E-state index is 12.0. The molecular formula is C18H18N4O2S3. The third kappa shape index (κ3) is 4.86. The number of hydrogen-bond acceptors (Lipinski definition) is 8. The van der Waals surface area contributed by atoms with Gasteiger partial charge in [0.2, 0.25) is 0 Å². The number of fused-ring (bicyclic) bond motifs is 1. The van der Waals surface area contributed by atoms with E-state index in [9.17, 15) is 4.79 Å². The van der Waals surface area contributed by atoms with E-state index in [-0.39, 0.29) is 5.91 Å². The maximum absolute atomic E-state index is 12.0. The Balaban J connectivity index is 1.25. The van der Waals surface area contributed by atoms with Crippen LogP contribution in [0.1, 0.15) is 4.88 Å². The van der Waals surface area contributed by atoms with E-state index in [1.54, 1.807) is 28.9 Å². The minimum Gasteiger partial charge on any atom is -0.378 e. The van der Waals surface area contributed by atoms with Crippen LogP contribution in [0.4, 0.5) is 5.00 Å². The van der Waals surface area contributed by atoms with E-state index in [4.69, 9.17) is 4.74 Å². The summed E-state index contributed by atoms with van der Waals surface area (Å²) in [6.45, 7) is 3.36. The normalized spacial score (nSPS) is 14.9. The largest absolute Gasteiger partial charge is 0.378 e. The number of aromatic nitrogens is 1. The molecule has 0 saturated carbocycles. The number of carbonyl (C=O) groups excluding carboxylic acids is 1. The zero-order valence-electron chi connectivity index (χ0n) is 14.5. The number of thiazole rings is 1. The van der Waals surface area contributed by atoms with E-state index in [1.807, 2.05) is 30.3 Å². The Labute approximate surface area is 169 Å². The lowest BCUT2D eigenvalue weighted by Crippen LogP contribution is -2.35. The van der Waals surface area contributed by atoms with Crippen molar-refractivity contribution in [2.75, 3.05) is 37.0 Å². The fraction of sp³-hybridized carbons (Fsp3) is 0.278. The summed E-state index contributed by atoms with van der Waals surface area (Å²) in [6.07, 6.45) is 1.69. The number of ether oxygens (including phenoxy) is 1. The molecule has 4 rings (SSSR count). The Hall–Kier alpha value is -1.94. The second-order valence-corrected chi connectivity index (χ2v) is 9.15. The number of morpholine rings is 1. The summed E-state index contributed by atoms with van der Waals surface area (Å²) < 4.78 is 7.40. The molecule has 3 heterocycles. The first kappa shape index (κ1) is 18.4. The predicted molar refractivity (Wildman–Crippen MR) is 113 cm³/mol. The molecule has 0 radical (unpaired) electrons. The van der Waals surface area contributed by atoms with Gasteiger partial charge in [-0.05, 0) is 24.3 Å². The van der Waals surface area contributed by atoms with Crippen LogP contribution >= 0.6 is 34.4 Å². The zero-order chi connectivity index (χ0) is 18.5. The van der Waals surface area contributed by atoms with Gasteiger partial charge in [0, 0.05) is 18.0 Å². The van der Waals surface area contributed by atoms with Gasteiger partial charge in [-0.15, -0.1) is 22.7 Å². The highest BCUT2D eigenvalue weighted by atomic mass is 32.2. The molecule has 9 heteroatoms. The van der Waals surface area contributed by atoms with Crippen LogP contribution in [0.15, 0.2) is 45.8 Å². The summed E-state index contributed by atoms with van der Waals surface area (Å²) in [5.74, 6) is 0.154. The number of anilines is 1. The first-order valence-corrected chi connectivity index (χ1v) is 11.1. The number of hydrogen-bond donors (Lipinski definition) is 1. The molecule has 0 unspecified atom stereocenters. The molecule has 0 aliphatic carbocycles. The number of nitrogens with zero attached hydrogens (tertiary/aromatic N) is 3. The van der Waals surface area contributed by atoms with Crippen LogP contribution in [0, 0.1) is 0 Å². The minimum absolute atomic E-state index is 0.138. The maximum Gasteiger partial charge on any atom is 0.250 e. The summed E-state index contributed by atoms with van der Waals surface area (Å²) >= 11 is 4.69. The number of para-hydroxylation sites is 1. The van der Waals surface area contributed by atoms with Crippen molar-refractivity contribution in [3.63, 3.8) is 0 Å². The van der Waals surface area contributed by atoms with Gasteiger partial charge in [0.25, 0.3) is 5.91 Å². The first-order valence-electron chi connectivity index (χ1n) is 8.51. The topological polar surface area (TPSA) is 66.8 Å². The van der Waals surface area contributed by atoms with E-state index in [0.29, 0.717) is 5.75 Å². The molecule has 1 saturated heterocycles. The van der Waals surface area contributed by atoms with Crippen molar-refractivity contribution in [3.8, 4) is 0 Å². The summed E-state index contributed by atoms with van der Waals surface area (Å²) in [5, 5.41) is 5.27. The Morgan fingerprint density at radius 2 is 2.11 bits per heavy atom. The predicted octanol–water partition coefficient (Wildman–Crippen LogP) is 3.44. The van der Waals surface area contributed by atoms with Crippen LogP contribution in [0.25, 0.3) is 10.2 Å². The standard InChI is InChI=1S/C18H18N4O2S3/c23-16(12-25-18-20-14-3-1-2-4-15(14)27-18)21-19-11-13-5-6-17(26-13)22-7-9-24-10-8-22/h1-6,11H,7-10,12H2,(H,21,23)/b19-11-. The molecule has 2 aromatic heterocycles. The molecule has 27 heavy (non-hydrogen) atoms. The van der Waals surface area contributed by atoms with Gasteiger partial charge in [-0.25, -0.2) is 10.4 Å². The SMILES string of the molecule is O=C(CSc1nc2ccccc2s1)N/N=C\c1ccc(N2CCOCC2)s1. The van der Waals surface area contributed by atoms with Gasteiger partial charge in [-0.1, -0.05) is 23.9 Å². The first-order chi connectivity index (χ1) is 13.3. The third-order valence-electron chi connectivity index (χ3n) is 3.92. The summed E-state index contributed by atoms with van der Waals surface area (Å²) in [6, 6.07) is 12.1. The molecule has 1 aliphatic heterocycles. The van der Waals surface area contributed by atoms with Crippen molar-refractivity contribution in [3.05, 3.63) is 41.3 Å². The summed E-state index contributed by atoms with van der Waals surface area (Å²) in [7, 11) is 0. The second kappa shape index (κ2) is 8.83. The van der Waals surface area contributed by atoms with Crippen LogP contribution < -0.4 is 10.3 Å². The smallest absolute Gasteiger partial charge is 0.250 e. The van der Waals surface area contributed by atoms with Gasteiger partial charge >= 0.3 is 0 Å². The number of hydrazone groups is 1. The van der Waals surface area contributed by atoms with Crippen molar-refractivity contribution in [2.45, 2.75) is 4.34 Å². The number of carbonyl (C=O) groups is 1. The lowest BCUT2D eigenvalue weighted by Gasteiger charge is -2.27. The van der Waals surface area contributed by atoms with Gasteiger partial charge in [-0.2, -0.15) is 5.10 Å². The van der Waals surface area contributed by atoms with Gasteiger partial charge in [0.1, 0.15) is 0 Å². The van der Waals surface area contributed by atoms with Crippen molar-refractivity contribution < 1.29 is 9.53 Å². The van der Waals surface area contributed by atoms with Crippen LogP contribution in [-0.4, -0.2) is 49.2 Å². The summed E-state index contributed by atoms with van der Waals surface area (Å²) in [5.41, 5.74) is 3.55. The molecule has 1 fully saturated rings. The van der Waals surface area contributed by atoms with E-state index >= 15 is 0 Å². The van der Waals surface area contributed by atoms with Crippen molar-refractivity contribution in [1.29, 1.82) is 0 Å². The number of nitrogens with one attached hydrogen (secondary N) is 1. The average Bonchev–Trinajstić information content (AvgIpc) is 3.34. The zero-order valence-corrected chi connectivity index (χ0v) is 16.9. The van der Waals surface area contributed by atoms with E-state index in [1.165, 1.54) is 16.8 Å². The molecular weight excluding hydrogens is 400 g/mol. The van der Waals surface area contributed by atoms with Crippen molar-refractivity contribution in [1.82, 2.24) is 10.4 Å². The number of thiophene rings is 1. The van der Waals surface area contributed by atoms with Crippen molar-refractivity contribution in [2.24, 2.45) is 5.10 Å². The Morgan fingerprint density at radius 3 is 2.96 bits per heavy atom. The molecule has 1 amide bonds. The molecule has 1 N–H and O–H groups in total. The lowest BCUT2D eigenvalue weighted by molar-refractivity contribution is -0.118. The van der Waals surface area contributed by atoms with Crippen LogP contribution in [0.5, 0.6) is 0 Å². The molecule has 0 bridgehead atoms. The third-order valence-corrected chi connectivity index (χ3v) is 7.18. The lowest BCUT2D eigenvalue weighted by atomic mass is 10.3. The fourth-order valence-electron chi connectivity index (χ4n) is 2.61. The molecule has 6 nitrogen and oxygen atoms in total. The van der Waals surface area contributed by atoms with Gasteiger partial charge < -0.3 is 9.64 Å². The van der Waals surface area contributed by atoms with Crippen LogP contribution in [-0.2, 0) is 9.53 Å². The molecule has 140 valence electrons. The van der Waals surface area contributed by atoms with Gasteiger partial charge in [-0.3, -0.25) is 4.79 Å². The van der Waals surface area contributed by atoms with E-state index < -0.39 is 0 Å². The quantitative estimate of drug-likeness (QED) is 0.377. The molecule has 1 aromatic carbocycles. The number of benzene rings is 1. The van der Waals surface area contributed by atoms with Gasteiger partial charge in [0.05, 0.1) is 40.4 Å². The Bertz CT molecular complexity index is 914. The molecule has 0 spiro atoms. The highest BCUT2D eigenvalue weighted by Gasteiger charge is 2.12. The van der Waals surface area contributed by atoms with Gasteiger partial charge in [0.15, 0.2) is 4.34 Å². The number of thioether (sulfide) groups is 1. The molecule has 1 aliphatic rings. The van der Waals surface area contributed by atoms with Crippen LogP contribution in [0.3, 0.4) is 0 Å². The number of amides is 1. The van der Waals surface area contributed by atoms with Crippen molar-refractivity contribution >= 4 is 61.8 Å². The monoisotopic (exact) mass is 418 g/mol. The van der Waals surface area contributed by atoms with E-state index in [0.717, 1.165) is 45.7 Å². The van der Waals surface area contributed by atoms with E-state index in [2.05, 4.69) is 26.5 Å². The molecule has 0 atom stereocenters. The molecule has 3 aromatic rings. The highest BCUT2D eigenvalue weighted by Crippen LogP contribution is 2.29. The Morgan fingerprint density at radius 1 is 1.26 bits per heavy atom. The highest BCUT2D eigenvalue weighted by molar-refractivity contribution is 8.01. The Kier molecular flexibility index (Phi) is 6.03. The summed E-state index contributed by atoms with van der Waals surface area (Å²) in [4.78, 5) is 19.8.